The molecule has 0 saturated heterocycles. The lowest BCUT2D eigenvalue weighted by atomic mass is 10.1. The summed E-state index contributed by atoms with van der Waals surface area (Å²) < 4.78 is 0. The van der Waals surface area contributed by atoms with E-state index >= 15 is 0 Å². The molecule has 3 N–H and O–H groups in total. The minimum Gasteiger partial charge on any atom is -0.365 e. The lowest BCUT2D eigenvalue weighted by Crippen LogP contribution is -2.14. The van der Waals surface area contributed by atoms with Crippen molar-refractivity contribution in [2.24, 2.45) is 5.73 Å². The van der Waals surface area contributed by atoms with E-state index < -0.39 is 10.8 Å². The fourth-order valence-electron chi connectivity index (χ4n) is 1.17. The van der Waals surface area contributed by atoms with Gasteiger partial charge in [-0.1, -0.05) is 0 Å². The first-order valence-electron chi connectivity index (χ1n) is 4.27. The molecule has 0 bridgehead atoms. The molecule has 1 aromatic carbocycles. The zero-order chi connectivity index (χ0) is 12.3. The van der Waals surface area contributed by atoms with Gasteiger partial charge in [0.15, 0.2) is 0 Å². The number of carbonyl (C=O) groups is 2. The van der Waals surface area contributed by atoms with Crippen LogP contribution in [-0.4, -0.2) is 16.7 Å². The molecule has 0 aromatic heterocycles. The number of benzene rings is 1. The number of hydrogen-bond donors (Lipinski definition) is 2. The molecule has 7 nitrogen and oxygen atoms in total. The average Bonchev–Trinajstić information content (AvgIpc) is 2.16. The number of nitro groups is 1. The maximum absolute atomic E-state index is 11.0. The molecule has 0 unspecified atom stereocenters. The first kappa shape index (κ1) is 11.6. The normalized spacial score (nSPS) is 9.56. The van der Waals surface area contributed by atoms with Crippen molar-refractivity contribution in [2.45, 2.75) is 6.92 Å². The highest BCUT2D eigenvalue weighted by Gasteiger charge is 2.18. The molecule has 0 spiro atoms. The molecule has 2 amide bonds. The standard InChI is InChI=1S/C9H9N3O4/c1-5(13)11-6-2-3-8(12(15)16)7(4-6)9(10)14/h2-4H,1H3,(H2,10,14)(H,11,13). The smallest absolute Gasteiger partial charge is 0.282 e. The van der Waals surface area contributed by atoms with E-state index in [-0.39, 0.29) is 22.8 Å². The summed E-state index contributed by atoms with van der Waals surface area (Å²) in [5.41, 5.74) is 4.65. The Bertz CT molecular complexity index is 470. The van der Waals surface area contributed by atoms with Crippen molar-refractivity contribution in [1.29, 1.82) is 0 Å². The summed E-state index contributed by atoms with van der Waals surface area (Å²) in [7, 11) is 0. The number of amides is 2. The van der Waals surface area contributed by atoms with E-state index in [0.29, 0.717) is 0 Å². The van der Waals surface area contributed by atoms with Crippen LogP contribution in [0.5, 0.6) is 0 Å². The van der Waals surface area contributed by atoms with Crippen molar-refractivity contribution >= 4 is 23.2 Å². The SMILES string of the molecule is CC(=O)Nc1ccc([N+](=O)[O-])c(C(N)=O)c1. The number of primary amides is 1. The number of nitro benzene ring substituents is 1. The molecular formula is C9H9N3O4. The predicted molar refractivity (Wildman–Crippen MR) is 55.9 cm³/mol. The Morgan fingerprint density at radius 2 is 2.06 bits per heavy atom. The van der Waals surface area contributed by atoms with Crippen LogP contribution in [0.4, 0.5) is 11.4 Å². The molecule has 0 heterocycles. The number of rotatable bonds is 3. The fraction of sp³-hybridized carbons (Fsp3) is 0.111. The monoisotopic (exact) mass is 223 g/mol. The van der Waals surface area contributed by atoms with Gasteiger partial charge in [-0.15, -0.1) is 0 Å². The molecule has 16 heavy (non-hydrogen) atoms. The van der Waals surface area contributed by atoms with E-state index in [1.54, 1.807) is 0 Å². The highest BCUT2D eigenvalue weighted by molar-refractivity contribution is 5.99. The summed E-state index contributed by atoms with van der Waals surface area (Å²) in [6.45, 7) is 1.28. The van der Waals surface area contributed by atoms with E-state index in [4.69, 9.17) is 5.73 Å². The molecule has 7 heteroatoms. The van der Waals surface area contributed by atoms with Crippen LogP contribution in [0, 0.1) is 10.1 Å². The van der Waals surface area contributed by atoms with Crippen molar-refractivity contribution in [1.82, 2.24) is 0 Å². The number of nitrogens with two attached hydrogens (primary N) is 1. The van der Waals surface area contributed by atoms with Gasteiger partial charge < -0.3 is 11.1 Å². The first-order chi connectivity index (χ1) is 7.41. The van der Waals surface area contributed by atoms with Gasteiger partial charge in [-0.25, -0.2) is 0 Å². The van der Waals surface area contributed by atoms with Gasteiger partial charge in [-0.2, -0.15) is 0 Å². The molecule has 84 valence electrons. The van der Waals surface area contributed by atoms with Gasteiger partial charge in [0.05, 0.1) is 4.92 Å². The quantitative estimate of drug-likeness (QED) is 0.578. The van der Waals surface area contributed by atoms with Gasteiger partial charge in [-0.3, -0.25) is 19.7 Å². The summed E-state index contributed by atoms with van der Waals surface area (Å²) in [5.74, 6) is -1.26. The lowest BCUT2D eigenvalue weighted by molar-refractivity contribution is -0.385. The summed E-state index contributed by atoms with van der Waals surface area (Å²) in [6.07, 6.45) is 0. The summed E-state index contributed by atoms with van der Waals surface area (Å²) in [4.78, 5) is 31.6. The third-order valence-corrected chi connectivity index (χ3v) is 1.78. The summed E-state index contributed by atoms with van der Waals surface area (Å²) >= 11 is 0. The number of nitrogens with one attached hydrogen (secondary N) is 1. The lowest BCUT2D eigenvalue weighted by Gasteiger charge is -2.04. The van der Waals surface area contributed by atoms with Gasteiger partial charge in [0.25, 0.3) is 11.6 Å². The van der Waals surface area contributed by atoms with Crippen molar-refractivity contribution in [3.8, 4) is 0 Å². The first-order valence-corrected chi connectivity index (χ1v) is 4.27. The Hall–Kier alpha value is -2.44. The Labute approximate surface area is 90.4 Å². The van der Waals surface area contributed by atoms with E-state index in [2.05, 4.69) is 5.32 Å². The van der Waals surface area contributed by atoms with Crippen LogP contribution < -0.4 is 11.1 Å². The fourth-order valence-corrected chi connectivity index (χ4v) is 1.17. The van der Waals surface area contributed by atoms with Gasteiger partial charge in [0.2, 0.25) is 5.91 Å². The second kappa shape index (κ2) is 4.39. The van der Waals surface area contributed by atoms with Crippen LogP contribution >= 0.6 is 0 Å². The zero-order valence-corrected chi connectivity index (χ0v) is 8.39. The molecule has 0 aliphatic carbocycles. The topological polar surface area (TPSA) is 115 Å². The molecule has 1 aromatic rings. The van der Waals surface area contributed by atoms with Crippen molar-refractivity contribution in [3.63, 3.8) is 0 Å². The minimum absolute atomic E-state index is 0.240. The third kappa shape index (κ3) is 2.53. The van der Waals surface area contributed by atoms with Gasteiger partial charge in [0.1, 0.15) is 5.56 Å². The highest BCUT2D eigenvalue weighted by atomic mass is 16.6. The maximum Gasteiger partial charge on any atom is 0.282 e. The van der Waals surface area contributed by atoms with Crippen LogP contribution in [0.25, 0.3) is 0 Å². The molecule has 0 saturated carbocycles. The van der Waals surface area contributed by atoms with Crippen molar-refractivity contribution in [2.75, 3.05) is 5.32 Å². The summed E-state index contributed by atoms with van der Waals surface area (Å²) in [6, 6.07) is 3.61. The van der Waals surface area contributed by atoms with Crippen LogP contribution in [0.3, 0.4) is 0 Å². The van der Waals surface area contributed by atoms with Gasteiger partial charge in [-0.05, 0) is 12.1 Å². The number of hydrogen-bond acceptors (Lipinski definition) is 4. The Morgan fingerprint density at radius 1 is 1.44 bits per heavy atom. The Kier molecular flexibility index (Phi) is 3.19. The molecule has 0 aliphatic rings. The number of anilines is 1. The van der Waals surface area contributed by atoms with Crippen LogP contribution in [0.1, 0.15) is 17.3 Å². The van der Waals surface area contributed by atoms with Crippen LogP contribution in [0.2, 0.25) is 0 Å². The van der Waals surface area contributed by atoms with Gasteiger partial charge >= 0.3 is 0 Å². The van der Waals surface area contributed by atoms with E-state index in [0.717, 1.165) is 6.07 Å². The predicted octanol–water partition coefficient (Wildman–Crippen LogP) is 0.652. The van der Waals surface area contributed by atoms with Gasteiger partial charge in [0, 0.05) is 18.7 Å². The van der Waals surface area contributed by atoms with Crippen LogP contribution in [0.15, 0.2) is 18.2 Å². The zero-order valence-electron chi connectivity index (χ0n) is 8.39. The molecule has 0 atom stereocenters. The Morgan fingerprint density at radius 3 is 2.50 bits per heavy atom. The number of carbonyl (C=O) groups excluding carboxylic acids is 2. The molecule has 0 radical (unpaired) electrons. The van der Waals surface area contributed by atoms with Crippen molar-refractivity contribution in [3.05, 3.63) is 33.9 Å². The van der Waals surface area contributed by atoms with E-state index in [1.807, 2.05) is 0 Å². The average molecular weight is 223 g/mol. The largest absolute Gasteiger partial charge is 0.365 e. The summed E-state index contributed by atoms with van der Waals surface area (Å²) in [5, 5.41) is 13.0. The third-order valence-electron chi connectivity index (χ3n) is 1.78. The highest BCUT2D eigenvalue weighted by Crippen LogP contribution is 2.22. The molecule has 0 fully saturated rings. The second-order valence-corrected chi connectivity index (χ2v) is 3.03. The number of nitrogens with zero attached hydrogens (tertiary/aromatic N) is 1. The Balaban J connectivity index is 3.22. The van der Waals surface area contributed by atoms with E-state index in [9.17, 15) is 19.7 Å². The minimum atomic E-state index is -0.918. The van der Waals surface area contributed by atoms with E-state index in [1.165, 1.54) is 19.1 Å². The van der Waals surface area contributed by atoms with Crippen LogP contribution in [-0.2, 0) is 4.79 Å². The maximum atomic E-state index is 11.0. The molecule has 1 rings (SSSR count). The van der Waals surface area contributed by atoms with Crippen molar-refractivity contribution < 1.29 is 14.5 Å². The second-order valence-electron chi connectivity index (χ2n) is 3.03. The molecule has 0 aliphatic heterocycles. The molecular weight excluding hydrogens is 214 g/mol.